The van der Waals surface area contributed by atoms with Gasteiger partial charge in [0.2, 0.25) is 0 Å². The molecule has 1 aliphatic rings. The Kier molecular flexibility index (Phi) is 8.54. The summed E-state index contributed by atoms with van der Waals surface area (Å²) in [5.74, 6) is 1.38. The number of aryl methyl sites for hydroxylation is 1. The first-order chi connectivity index (χ1) is 19.7. The van der Waals surface area contributed by atoms with E-state index in [-0.39, 0.29) is 18.1 Å². The molecular weight excluding hydrogens is 538 g/mol. The van der Waals surface area contributed by atoms with E-state index in [2.05, 4.69) is 5.32 Å². The van der Waals surface area contributed by atoms with Crippen molar-refractivity contribution in [1.82, 2.24) is 9.47 Å². The molecule has 41 heavy (non-hydrogen) atoms. The minimum atomic E-state index is -0.494. The molecule has 0 atom stereocenters. The molecule has 0 saturated carbocycles. The molecule has 3 heterocycles. The summed E-state index contributed by atoms with van der Waals surface area (Å²) in [5.41, 5.74) is 2.93. The number of nitrogens with zero attached hydrogens (tertiary/aromatic N) is 2. The third-order valence-electron chi connectivity index (χ3n) is 6.88. The number of piperidine rings is 1. The molecule has 1 saturated heterocycles. The average molecular weight is 576 g/mol. The minimum Gasteiger partial charge on any atom is -0.490 e. The molecule has 0 bridgehead atoms. The summed E-state index contributed by atoms with van der Waals surface area (Å²) < 4.78 is 20.8. The van der Waals surface area contributed by atoms with Gasteiger partial charge in [0, 0.05) is 38.2 Å². The van der Waals surface area contributed by atoms with E-state index in [0.717, 1.165) is 52.4 Å². The Hall–Kier alpha value is -3.98. The van der Waals surface area contributed by atoms with Crippen LogP contribution in [0.25, 0.3) is 10.2 Å². The highest BCUT2D eigenvalue weighted by Gasteiger charge is 2.27. The number of hydrogen-bond acceptors (Lipinski definition) is 6. The maximum absolute atomic E-state index is 13.0. The zero-order chi connectivity index (χ0) is 29.0. The van der Waals surface area contributed by atoms with Crippen LogP contribution in [-0.2, 0) is 17.9 Å². The number of hydrogen-bond donors (Lipinski definition) is 1. The largest absolute Gasteiger partial charge is 0.490 e. The molecule has 0 spiro atoms. The van der Waals surface area contributed by atoms with E-state index >= 15 is 0 Å². The number of benzene rings is 2. The van der Waals surface area contributed by atoms with Gasteiger partial charge in [-0.1, -0.05) is 12.1 Å². The lowest BCUT2D eigenvalue weighted by atomic mass is 10.1. The van der Waals surface area contributed by atoms with Gasteiger partial charge in [0.25, 0.3) is 5.91 Å². The van der Waals surface area contributed by atoms with E-state index < -0.39 is 5.60 Å². The molecule has 8 nitrogen and oxygen atoms in total. The standard InChI is InChI=1S/C32H37N3O5S/c1-5-35-27-15-18-41-29(27)20-28(35)30(36)33-23-8-6-7-22(19-23)21-38-24-9-11-25(12-10-24)39-26-13-16-34(17-14-26)31(37)40-32(2,3)4/h6-12,15,18-20,26H,5,13-14,16-17,21H2,1-4H3,(H,33,36). The number of ether oxygens (including phenoxy) is 3. The van der Waals surface area contributed by atoms with Crippen molar-refractivity contribution in [3.63, 3.8) is 0 Å². The number of aromatic nitrogens is 1. The van der Waals surface area contributed by atoms with Gasteiger partial charge in [0.15, 0.2) is 0 Å². The van der Waals surface area contributed by atoms with Crippen molar-refractivity contribution >= 4 is 39.2 Å². The number of carbonyl (C=O) groups excluding carboxylic acids is 2. The lowest BCUT2D eigenvalue weighted by molar-refractivity contribution is 0.0126. The molecule has 2 aromatic heterocycles. The predicted molar refractivity (Wildman–Crippen MR) is 162 cm³/mol. The summed E-state index contributed by atoms with van der Waals surface area (Å²) in [4.78, 5) is 27.1. The molecule has 1 fully saturated rings. The van der Waals surface area contributed by atoms with Gasteiger partial charge in [-0.3, -0.25) is 4.79 Å². The van der Waals surface area contributed by atoms with Crippen LogP contribution in [0.15, 0.2) is 66.0 Å². The van der Waals surface area contributed by atoms with Crippen LogP contribution in [0, 0.1) is 0 Å². The molecule has 4 aromatic rings. The summed E-state index contributed by atoms with van der Waals surface area (Å²) in [6.07, 6.45) is 1.30. The highest BCUT2D eigenvalue weighted by Crippen LogP contribution is 2.27. The Balaban J connectivity index is 1.10. The molecule has 0 aliphatic carbocycles. The average Bonchev–Trinajstić information content (AvgIpc) is 3.54. The Morgan fingerprint density at radius 2 is 1.73 bits per heavy atom. The fraction of sp³-hybridized carbons (Fsp3) is 0.375. The van der Waals surface area contributed by atoms with Gasteiger partial charge in [-0.05, 0) is 87.2 Å². The summed E-state index contributed by atoms with van der Waals surface area (Å²) in [6, 6.07) is 19.3. The summed E-state index contributed by atoms with van der Waals surface area (Å²) in [6.45, 7) is 10.00. The maximum atomic E-state index is 13.0. The first-order valence-corrected chi connectivity index (χ1v) is 14.9. The van der Waals surface area contributed by atoms with Gasteiger partial charge in [-0.2, -0.15) is 0 Å². The number of anilines is 1. The van der Waals surface area contributed by atoms with Gasteiger partial charge >= 0.3 is 6.09 Å². The Morgan fingerprint density at radius 1 is 1.00 bits per heavy atom. The highest BCUT2D eigenvalue weighted by molar-refractivity contribution is 7.17. The smallest absolute Gasteiger partial charge is 0.410 e. The van der Waals surface area contributed by atoms with E-state index in [1.165, 1.54) is 0 Å². The van der Waals surface area contributed by atoms with Crippen LogP contribution in [0.1, 0.15) is 56.6 Å². The second kappa shape index (κ2) is 12.3. The van der Waals surface area contributed by atoms with Gasteiger partial charge in [0.1, 0.15) is 35.5 Å². The van der Waals surface area contributed by atoms with Crippen molar-refractivity contribution in [2.24, 2.45) is 0 Å². The monoisotopic (exact) mass is 575 g/mol. The Morgan fingerprint density at radius 3 is 2.44 bits per heavy atom. The highest BCUT2D eigenvalue weighted by atomic mass is 32.1. The molecule has 1 N–H and O–H groups in total. The maximum Gasteiger partial charge on any atom is 0.410 e. The first kappa shape index (κ1) is 28.5. The number of thiophene rings is 1. The quantitative estimate of drug-likeness (QED) is 0.238. The number of amides is 2. The van der Waals surface area contributed by atoms with Crippen LogP contribution in [0.4, 0.5) is 10.5 Å². The predicted octanol–water partition coefficient (Wildman–Crippen LogP) is 7.33. The zero-order valence-electron chi connectivity index (χ0n) is 24.0. The van der Waals surface area contributed by atoms with Crippen LogP contribution >= 0.6 is 11.3 Å². The third-order valence-corrected chi connectivity index (χ3v) is 7.74. The van der Waals surface area contributed by atoms with Gasteiger partial charge < -0.3 is 29.0 Å². The minimum absolute atomic E-state index is 0.0508. The fourth-order valence-corrected chi connectivity index (χ4v) is 5.72. The molecule has 216 valence electrons. The lowest BCUT2D eigenvalue weighted by Gasteiger charge is -2.33. The number of nitrogens with one attached hydrogen (secondary N) is 1. The number of carbonyl (C=O) groups is 2. The van der Waals surface area contributed by atoms with Crippen LogP contribution in [0.3, 0.4) is 0 Å². The molecule has 9 heteroatoms. The molecule has 2 aromatic carbocycles. The van der Waals surface area contributed by atoms with Gasteiger partial charge in [-0.15, -0.1) is 11.3 Å². The van der Waals surface area contributed by atoms with Crippen LogP contribution in [0.5, 0.6) is 11.5 Å². The molecule has 0 radical (unpaired) electrons. The van der Waals surface area contributed by atoms with E-state index in [0.29, 0.717) is 25.4 Å². The topological polar surface area (TPSA) is 82.0 Å². The summed E-state index contributed by atoms with van der Waals surface area (Å²) >= 11 is 1.64. The molecule has 0 unspecified atom stereocenters. The van der Waals surface area contributed by atoms with Crippen molar-refractivity contribution < 1.29 is 23.8 Å². The SMILES string of the molecule is CCn1c(C(=O)Nc2cccc(COc3ccc(OC4CCN(C(=O)OC(C)(C)C)CC4)cc3)c2)cc2sccc21. The van der Waals surface area contributed by atoms with Crippen LogP contribution in [0.2, 0.25) is 0 Å². The molecular formula is C32H37N3O5S. The van der Waals surface area contributed by atoms with Crippen molar-refractivity contribution in [3.05, 3.63) is 77.3 Å². The number of rotatable bonds is 8. The van der Waals surface area contributed by atoms with Crippen molar-refractivity contribution in [1.29, 1.82) is 0 Å². The van der Waals surface area contributed by atoms with Gasteiger partial charge in [0.05, 0.1) is 10.2 Å². The van der Waals surface area contributed by atoms with E-state index in [1.807, 2.05) is 98.3 Å². The second-order valence-corrected chi connectivity index (χ2v) is 12.1. The summed E-state index contributed by atoms with van der Waals surface area (Å²) in [7, 11) is 0. The molecule has 5 rings (SSSR count). The van der Waals surface area contributed by atoms with Crippen LogP contribution in [-0.4, -0.2) is 46.3 Å². The fourth-order valence-electron chi connectivity index (χ4n) is 4.90. The zero-order valence-corrected chi connectivity index (χ0v) is 24.8. The lowest BCUT2D eigenvalue weighted by Crippen LogP contribution is -2.44. The second-order valence-electron chi connectivity index (χ2n) is 11.1. The molecule has 1 aliphatic heterocycles. The Bertz CT molecular complexity index is 1490. The van der Waals surface area contributed by atoms with Gasteiger partial charge in [-0.25, -0.2) is 4.79 Å². The van der Waals surface area contributed by atoms with E-state index in [4.69, 9.17) is 14.2 Å². The first-order valence-electron chi connectivity index (χ1n) is 14.0. The van der Waals surface area contributed by atoms with Crippen molar-refractivity contribution in [2.75, 3.05) is 18.4 Å². The van der Waals surface area contributed by atoms with Crippen molar-refractivity contribution in [3.8, 4) is 11.5 Å². The van der Waals surface area contributed by atoms with E-state index in [9.17, 15) is 9.59 Å². The van der Waals surface area contributed by atoms with Crippen LogP contribution < -0.4 is 14.8 Å². The third kappa shape index (κ3) is 7.21. The summed E-state index contributed by atoms with van der Waals surface area (Å²) in [5, 5.41) is 5.07. The molecule has 2 amide bonds. The Labute approximate surface area is 244 Å². The van der Waals surface area contributed by atoms with E-state index in [1.54, 1.807) is 16.2 Å². The number of fused-ring (bicyclic) bond motifs is 1. The van der Waals surface area contributed by atoms with Crippen molar-refractivity contribution in [2.45, 2.75) is 65.4 Å². The normalized spacial score (nSPS) is 14.2. The number of likely N-dealkylation sites (tertiary alicyclic amines) is 1.